The second-order valence-electron chi connectivity index (χ2n) is 4.21. The lowest BCUT2D eigenvalue weighted by Gasteiger charge is -2.08. The van der Waals surface area contributed by atoms with Crippen LogP contribution in [0.15, 0.2) is 24.3 Å². The second-order valence-corrected chi connectivity index (χ2v) is 4.62. The van der Waals surface area contributed by atoms with Gasteiger partial charge < -0.3 is 10.6 Å². The summed E-state index contributed by atoms with van der Waals surface area (Å²) >= 11 is 5.99. The van der Waals surface area contributed by atoms with Gasteiger partial charge in [-0.25, -0.2) is 0 Å². The normalized spacial score (nSPS) is 10.1. The van der Waals surface area contributed by atoms with Crippen molar-refractivity contribution in [1.82, 2.24) is 5.32 Å². The lowest BCUT2D eigenvalue weighted by Crippen LogP contribution is -2.26. The van der Waals surface area contributed by atoms with Crippen molar-refractivity contribution in [2.75, 3.05) is 18.4 Å². The maximum atomic E-state index is 11.5. The molecule has 18 heavy (non-hydrogen) atoms. The Bertz CT molecular complexity index is 369. The molecule has 0 radical (unpaired) electrons. The summed E-state index contributed by atoms with van der Waals surface area (Å²) in [6, 6.07) is 7.53. The Morgan fingerprint density at radius 2 is 2.00 bits per heavy atom. The largest absolute Gasteiger partial charge is 0.383 e. The lowest BCUT2D eigenvalue weighted by atomic mass is 10.2. The number of carbonyl (C=O) groups excluding carboxylic acids is 1. The van der Waals surface area contributed by atoms with E-state index in [9.17, 15) is 4.79 Å². The van der Waals surface area contributed by atoms with E-state index in [-0.39, 0.29) is 5.91 Å². The summed E-state index contributed by atoms with van der Waals surface area (Å²) in [6.45, 7) is 3.53. The zero-order valence-corrected chi connectivity index (χ0v) is 11.6. The first-order valence-corrected chi connectivity index (χ1v) is 6.87. The summed E-state index contributed by atoms with van der Waals surface area (Å²) in [4.78, 5) is 11.5. The van der Waals surface area contributed by atoms with Crippen LogP contribution in [0.4, 0.5) is 5.69 Å². The molecule has 0 aromatic heterocycles. The van der Waals surface area contributed by atoms with E-state index >= 15 is 0 Å². The standard InChI is InChI=1S/C14H21ClN2O/c1-2-3-6-10-17-14(18)9-11-16-13-8-5-4-7-12(13)15/h4-5,7-8,16H,2-3,6,9-11H2,1H3,(H,17,18). The highest BCUT2D eigenvalue weighted by molar-refractivity contribution is 6.33. The van der Waals surface area contributed by atoms with Crippen LogP contribution in [0.2, 0.25) is 5.02 Å². The number of amides is 1. The van der Waals surface area contributed by atoms with E-state index in [1.807, 2.05) is 24.3 Å². The summed E-state index contributed by atoms with van der Waals surface area (Å²) in [5.41, 5.74) is 0.873. The molecule has 0 aliphatic carbocycles. The smallest absolute Gasteiger partial charge is 0.221 e. The highest BCUT2D eigenvalue weighted by Crippen LogP contribution is 2.19. The number of benzene rings is 1. The minimum Gasteiger partial charge on any atom is -0.383 e. The molecule has 0 bridgehead atoms. The number of carbonyl (C=O) groups is 1. The molecule has 0 aliphatic rings. The van der Waals surface area contributed by atoms with Gasteiger partial charge in [-0.15, -0.1) is 0 Å². The fourth-order valence-corrected chi connectivity index (χ4v) is 1.81. The Morgan fingerprint density at radius 3 is 2.72 bits per heavy atom. The first kappa shape index (κ1) is 14.8. The molecule has 0 aliphatic heterocycles. The van der Waals surface area contributed by atoms with Gasteiger partial charge in [0.05, 0.1) is 10.7 Å². The van der Waals surface area contributed by atoms with Gasteiger partial charge >= 0.3 is 0 Å². The highest BCUT2D eigenvalue weighted by Gasteiger charge is 2.01. The predicted molar refractivity (Wildman–Crippen MR) is 77.1 cm³/mol. The molecule has 0 heterocycles. The van der Waals surface area contributed by atoms with Crippen molar-refractivity contribution in [2.24, 2.45) is 0 Å². The van der Waals surface area contributed by atoms with Crippen LogP contribution in [0.25, 0.3) is 0 Å². The van der Waals surface area contributed by atoms with Gasteiger partial charge in [0, 0.05) is 19.5 Å². The van der Waals surface area contributed by atoms with Crippen molar-refractivity contribution in [3.8, 4) is 0 Å². The monoisotopic (exact) mass is 268 g/mol. The third-order valence-corrected chi connectivity index (χ3v) is 2.97. The zero-order valence-electron chi connectivity index (χ0n) is 10.8. The van der Waals surface area contributed by atoms with Gasteiger partial charge in [-0.05, 0) is 18.6 Å². The molecule has 4 heteroatoms. The number of anilines is 1. The van der Waals surface area contributed by atoms with Crippen molar-refractivity contribution in [2.45, 2.75) is 32.6 Å². The van der Waals surface area contributed by atoms with Crippen molar-refractivity contribution >= 4 is 23.2 Å². The molecule has 0 spiro atoms. The molecule has 2 N–H and O–H groups in total. The van der Waals surface area contributed by atoms with Crippen LogP contribution >= 0.6 is 11.6 Å². The minimum absolute atomic E-state index is 0.0886. The van der Waals surface area contributed by atoms with Crippen molar-refractivity contribution in [1.29, 1.82) is 0 Å². The van der Waals surface area contributed by atoms with E-state index in [1.54, 1.807) is 0 Å². The Labute approximate surface area is 114 Å². The molecule has 1 amide bonds. The Hall–Kier alpha value is -1.22. The average molecular weight is 269 g/mol. The van der Waals surface area contributed by atoms with E-state index in [0.717, 1.165) is 25.1 Å². The van der Waals surface area contributed by atoms with Crippen molar-refractivity contribution in [3.63, 3.8) is 0 Å². The van der Waals surface area contributed by atoms with E-state index in [2.05, 4.69) is 17.6 Å². The summed E-state index contributed by atoms with van der Waals surface area (Å²) in [6.07, 6.45) is 3.86. The molecule has 3 nitrogen and oxygen atoms in total. The molecule has 1 rings (SSSR count). The van der Waals surface area contributed by atoms with Crippen LogP contribution in [-0.4, -0.2) is 19.0 Å². The van der Waals surface area contributed by atoms with Crippen LogP contribution in [0.3, 0.4) is 0 Å². The summed E-state index contributed by atoms with van der Waals surface area (Å²) < 4.78 is 0. The molecule has 0 atom stereocenters. The molecule has 1 aromatic rings. The molecule has 1 aromatic carbocycles. The predicted octanol–water partition coefficient (Wildman–Crippen LogP) is 3.45. The quantitative estimate of drug-likeness (QED) is 0.709. The number of nitrogens with one attached hydrogen (secondary N) is 2. The molecule has 100 valence electrons. The number of hydrogen-bond acceptors (Lipinski definition) is 2. The van der Waals surface area contributed by atoms with Crippen molar-refractivity contribution in [3.05, 3.63) is 29.3 Å². The summed E-state index contributed by atoms with van der Waals surface area (Å²) in [5, 5.41) is 6.74. The van der Waals surface area contributed by atoms with Gasteiger partial charge in [0.2, 0.25) is 5.91 Å². The number of hydrogen-bond donors (Lipinski definition) is 2. The second kappa shape index (κ2) is 8.81. The maximum absolute atomic E-state index is 11.5. The van der Waals surface area contributed by atoms with Crippen LogP contribution in [0, 0.1) is 0 Å². The Morgan fingerprint density at radius 1 is 1.22 bits per heavy atom. The third kappa shape index (κ3) is 5.92. The zero-order chi connectivity index (χ0) is 13.2. The highest BCUT2D eigenvalue weighted by atomic mass is 35.5. The van der Waals surface area contributed by atoms with Crippen LogP contribution in [0.5, 0.6) is 0 Å². The van der Waals surface area contributed by atoms with Gasteiger partial charge in [0.25, 0.3) is 0 Å². The van der Waals surface area contributed by atoms with Gasteiger partial charge in [-0.1, -0.05) is 43.5 Å². The number of halogens is 1. The fraction of sp³-hybridized carbons (Fsp3) is 0.500. The summed E-state index contributed by atoms with van der Waals surface area (Å²) in [7, 11) is 0. The van der Waals surface area contributed by atoms with E-state index < -0.39 is 0 Å². The number of para-hydroxylation sites is 1. The van der Waals surface area contributed by atoms with E-state index in [1.165, 1.54) is 6.42 Å². The molecular formula is C14H21ClN2O. The molecular weight excluding hydrogens is 248 g/mol. The SMILES string of the molecule is CCCCCNC(=O)CCNc1ccccc1Cl. The van der Waals surface area contributed by atoms with E-state index in [0.29, 0.717) is 18.0 Å². The van der Waals surface area contributed by atoms with Crippen LogP contribution in [0.1, 0.15) is 32.6 Å². The third-order valence-electron chi connectivity index (χ3n) is 2.64. The lowest BCUT2D eigenvalue weighted by molar-refractivity contribution is -0.120. The molecule has 0 saturated carbocycles. The topological polar surface area (TPSA) is 41.1 Å². The molecule has 0 fully saturated rings. The van der Waals surface area contributed by atoms with Gasteiger partial charge in [-0.3, -0.25) is 4.79 Å². The molecule has 0 unspecified atom stereocenters. The van der Waals surface area contributed by atoms with Crippen LogP contribution < -0.4 is 10.6 Å². The van der Waals surface area contributed by atoms with Gasteiger partial charge in [0.15, 0.2) is 0 Å². The Kier molecular flexibility index (Phi) is 7.26. The first-order valence-electron chi connectivity index (χ1n) is 6.49. The summed E-state index contributed by atoms with van der Waals surface area (Å²) in [5.74, 6) is 0.0886. The van der Waals surface area contributed by atoms with Crippen LogP contribution in [-0.2, 0) is 4.79 Å². The number of rotatable bonds is 8. The maximum Gasteiger partial charge on any atom is 0.221 e. The minimum atomic E-state index is 0.0886. The number of unbranched alkanes of at least 4 members (excludes halogenated alkanes) is 2. The molecule has 0 saturated heterocycles. The van der Waals surface area contributed by atoms with E-state index in [4.69, 9.17) is 11.6 Å². The first-order chi connectivity index (χ1) is 8.74. The average Bonchev–Trinajstić information content (AvgIpc) is 2.37. The van der Waals surface area contributed by atoms with Crippen molar-refractivity contribution < 1.29 is 4.79 Å². The van der Waals surface area contributed by atoms with Gasteiger partial charge in [0.1, 0.15) is 0 Å². The Balaban J connectivity index is 2.14. The fourth-order valence-electron chi connectivity index (χ4n) is 1.61. The van der Waals surface area contributed by atoms with Gasteiger partial charge in [-0.2, -0.15) is 0 Å².